The highest BCUT2D eigenvalue weighted by atomic mass is 16.3. The molecule has 1 heteroatoms. The minimum Gasteiger partial charge on any atom is -0.390 e. The fraction of sp³-hybridized carbons (Fsp3) is 0.818. The zero-order valence-electron chi connectivity index (χ0n) is 8.48. The first-order valence-corrected chi connectivity index (χ1v) is 4.80. The van der Waals surface area contributed by atoms with E-state index in [-0.39, 0.29) is 0 Å². The maximum atomic E-state index is 9.63. The lowest BCUT2D eigenvalue weighted by molar-refractivity contribution is 0.0454. The molecule has 0 saturated carbocycles. The van der Waals surface area contributed by atoms with Crippen LogP contribution in [0.3, 0.4) is 0 Å². The molecular weight excluding hydrogens is 148 g/mol. The Hall–Kier alpha value is -0.480. The van der Waals surface area contributed by atoms with Gasteiger partial charge in [-0.3, -0.25) is 0 Å². The molecule has 0 aromatic rings. The predicted octanol–water partition coefficient (Wildman–Crippen LogP) is 2.73. The number of hydrogen-bond acceptors (Lipinski definition) is 1. The maximum Gasteiger partial charge on any atom is 0.0617 e. The summed E-state index contributed by atoms with van der Waals surface area (Å²) in [6.45, 7) is 5.95. The van der Waals surface area contributed by atoms with Crippen molar-refractivity contribution in [3.8, 4) is 11.8 Å². The van der Waals surface area contributed by atoms with Crippen molar-refractivity contribution >= 4 is 0 Å². The van der Waals surface area contributed by atoms with Gasteiger partial charge in [0.05, 0.1) is 5.60 Å². The smallest absolute Gasteiger partial charge is 0.0617 e. The fourth-order valence-electron chi connectivity index (χ4n) is 0.948. The van der Waals surface area contributed by atoms with E-state index >= 15 is 0 Å². The summed E-state index contributed by atoms with van der Waals surface area (Å²) < 4.78 is 0. The first kappa shape index (κ1) is 11.5. The Labute approximate surface area is 76.2 Å². The van der Waals surface area contributed by atoms with E-state index in [1.54, 1.807) is 0 Å². The highest BCUT2D eigenvalue weighted by Crippen LogP contribution is 2.16. The summed E-state index contributed by atoms with van der Waals surface area (Å²) in [4.78, 5) is 0. The lowest BCUT2D eigenvalue weighted by Crippen LogP contribution is -2.21. The highest BCUT2D eigenvalue weighted by molar-refractivity contribution is 4.97. The summed E-state index contributed by atoms with van der Waals surface area (Å²) in [6, 6.07) is 0. The molecule has 1 N–H and O–H groups in total. The van der Waals surface area contributed by atoms with Gasteiger partial charge < -0.3 is 5.11 Å². The first-order valence-electron chi connectivity index (χ1n) is 4.80. The summed E-state index contributed by atoms with van der Waals surface area (Å²) in [6.07, 6.45) is 4.55. The average molecular weight is 168 g/mol. The summed E-state index contributed by atoms with van der Waals surface area (Å²) >= 11 is 0. The Balaban J connectivity index is 3.43. The van der Waals surface area contributed by atoms with E-state index in [0.29, 0.717) is 0 Å². The van der Waals surface area contributed by atoms with E-state index in [0.717, 1.165) is 32.1 Å². The van der Waals surface area contributed by atoms with Crippen LogP contribution in [0.25, 0.3) is 0 Å². The van der Waals surface area contributed by atoms with Crippen molar-refractivity contribution in [2.45, 2.75) is 58.5 Å². The van der Waals surface area contributed by atoms with Gasteiger partial charge in [-0.05, 0) is 26.2 Å². The Kier molecular flexibility index (Phi) is 5.84. The van der Waals surface area contributed by atoms with Crippen molar-refractivity contribution in [3.05, 3.63) is 0 Å². The Morgan fingerprint density at radius 1 is 1.25 bits per heavy atom. The second-order valence-electron chi connectivity index (χ2n) is 3.41. The summed E-state index contributed by atoms with van der Waals surface area (Å²) in [7, 11) is 0. The van der Waals surface area contributed by atoms with E-state index < -0.39 is 5.60 Å². The molecule has 0 aromatic heterocycles. The van der Waals surface area contributed by atoms with Crippen molar-refractivity contribution in [2.24, 2.45) is 0 Å². The molecular formula is C11H20O. The molecule has 0 aliphatic carbocycles. The predicted molar refractivity (Wildman–Crippen MR) is 52.8 cm³/mol. The monoisotopic (exact) mass is 168 g/mol. The van der Waals surface area contributed by atoms with Crippen molar-refractivity contribution in [2.75, 3.05) is 0 Å². The van der Waals surface area contributed by atoms with Crippen LogP contribution in [0, 0.1) is 11.8 Å². The van der Waals surface area contributed by atoms with Crippen LogP contribution in [-0.2, 0) is 0 Å². The zero-order chi connectivity index (χ0) is 9.45. The maximum absolute atomic E-state index is 9.63. The minimum absolute atomic E-state index is 0.478. The van der Waals surface area contributed by atoms with Gasteiger partial charge in [0.25, 0.3) is 0 Å². The molecule has 0 rings (SSSR count). The van der Waals surface area contributed by atoms with Gasteiger partial charge in [-0.15, -0.1) is 11.8 Å². The number of hydrogen-bond donors (Lipinski definition) is 1. The Morgan fingerprint density at radius 2 is 1.92 bits per heavy atom. The van der Waals surface area contributed by atoms with Gasteiger partial charge in [-0.1, -0.05) is 13.8 Å². The normalized spacial score (nSPS) is 14.7. The molecule has 0 amide bonds. The van der Waals surface area contributed by atoms with Gasteiger partial charge in [-0.25, -0.2) is 0 Å². The van der Waals surface area contributed by atoms with Crippen LogP contribution in [0.1, 0.15) is 52.9 Å². The third-order valence-electron chi connectivity index (χ3n) is 2.08. The molecule has 1 nitrogen and oxygen atoms in total. The molecule has 0 fully saturated rings. The standard InChI is InChI=1S/C11H20O/c1-4-6-7-8-9-10-11(3,12)5-2/h12H,4-5,8-10H2,1-3H3. The average Bonchev–Trinajstić information content (AvgIpc) is 2.04. The van der Waals surface area contributed by atoms with E-state index in [1.807, 2.05) is 13.8 Å². The van der Waals surface area contributed by atoms with Gasteiger partial charge in [0.15, 0.2) is 0 Å². The Bertz CT molecular complexity index is 160. The summed E-state index contributed by atoms with van der Waals surface area (Å²) in [5, 5.41) is 9.63. The fourth-order valence-corrected chi connectivity index (χ4v) is 0.948. The molecule has 0 aromatic carbocycles. The van der Waals surface area contributed by atoms with Crippen LogP contribution >= 0.6 is 0 Å². The van der Waals surface area contributed by atoms with Gasteiger partial charge in [0.1, 0.15) is 0 Å². The van der Waals surface area contributed by atoms with Crippen molar-refractivity contribution in [3.63, 3.8) is 0 Å². The molecule has 0 radical (unpaired) electrons. The number of rotatable bonds is 4. The molecule has 0 aliphatic heterocycles. The minimum atomic E-state index is -0.478. The second kappa shape index (κ2) is 6.08. The molecule has 0 bridgehead atoms. The van der Waals surface area contributed by atoms with Crippen LogP contribution in [0.5, 0.6) is 0 Å². The lowest BCUT2D eigenvalue weighted by atomic mass is 9.96. The second-order valence-corrected chi connectivity index (χ2v) is 3.41. The first-order chi connectivity index (χ1) is 5.62. The third-order valence-corrected chi connectivity index (χ3v) is 2.08. The largest absolute Gasteiger partial charge is 0.390 e. The molecule has 70 valence electrons. The van der Waals surface area contributed by atoms with Gasteiger partial charge in [0.2, 0.25) is 0 Å². The topological polar surface area (TPSA) is 20.2 Å². The van der Waals surface area contributed by atoms with Crippen molar-refractivity contribution in [1.82, 2.24) is 0 Å². The molecule has 1 unspecified atom stereocenters. The summed E-state index contributed by atoms with van der Waals surface area (Å²) in [5.41, 5.74) is -0.478. The zero-order valence-corrected chi connectivity index (χ0v) is 8.48. The van der Waals surface area contributed by atoms with Crippen molar-refractivity contribution in [1.29, 1.82) is 0 Å². The van der Waals surface area contributed by atoms with E-state index in [9.17, 15) is 5.11 Å². The van der Waals surface area contributed by atoms with Gasteiger partial charge in [0, 0.05) is 12.8 Å². The molecule has 0 saturated heterocycles. The van der Waals surface area contributed by atoms with E-state index in [2.05, 4.69) is 18.8 Å². The Morgan fingerprint density at radius 3 is 2.42 bits per heavy atom. The lowest BCUT2D eigenvalue weighted by Gasteiger charge is -2.19. The van der Waals surface area contributed by atoms with Crippen LogP contribution in [0.15, 0.2) is 0 Å². The highest BCUT2D eigenvalue weighted by Gasteiger charge is 2.15. The van der Waals surface area contributed by atoms with Gasteiger partial charge in [-0.2, -0.15) is 0 Å². The molecule has 12 heavy (non-hydrogen) atoms. The van der Waals surface area contributed by atoms with Crippen LogP contribution < -0.4 is 0 Å². The quantitative estimate of drug-likeness (QED) is 0.505. The molecule has 0 aliphatic rings. The molecule has 1 atom stereocenters. The van der Waals surface area contributed by atoms with Crippen LogP contribution in [-0.4, -0.2) is 10.7 Å². The number of unbranched alkanes of at least 4 members (excludes halogenated alkanes) is 1. The summed E-state index contributed by atoms with van der Waals surface area (Å²) in [5.74, 6) is 6.09. The van der Waals surface area contributed by atoms with Crippen molar-refractivity contribution < 1.29 is 5.11 Å². The number of aliphatic hydroxyl groups is 1. The van der Waals surface area contributed by atoms with Crippen LogP contribution in [0.4, 0.5) is 0 Å². The molecule has 0 spiro atoms. The van der Waals surface area contributed by atoms with E-state index in [4.69, 9.17) is 0 Å². The van der Waals surface area contributed by atoms with E-state index in [1.165, 1.54) is 0 Å². The van der Waals surface area contributed by atoms with Crippen LogP contribution in [0.2, 0.25) is 0 Å². The SMILES string of the molecule is CCC#CCCCC(C)(O)CC. The third kappa shape index (κ3) is 6.24. The molecule has 0 heterocycles. The van der Waals surface area contributed by atoms with Gasteiger partial charge >= 0.3 is 0 Å².